The molecule has 6 nitrogen and oxygen atoms in total. The Morgan fingerprint density at radius 3 is 1.83 bits per heavy atom. The summed E-state index contributed by atoms with van der Waals surface area (Å²) < 4.78 is 53.7. The van der Waals surface area contributed by atoms with Crippen molar-refractivity contribution < 1.29 is 21.6 Å². The minimum atomic E-state index is -3.93. The van der Waals surface area contributed by atoms with Crippen molar-refractivity contribution in [1.29, 1.82) is 0 Å². The van der Waals surface area contributed by atoms with Gasteiger partial charge in [0.15, 0.2) is 15.1 Å². The summed E-state index contributed by atoms with van der Waals surface area (Å²) in [6.45, 7) is 2.15. The van der Waals surface area contributed by atoms with E-state index in [2.05, 4.69) is 11.7 Å². The summed E-state index contributed by atoms with van der Waals surface area (Å²) >= 11 is 0. The van der Waals surface area contributed by atoms with Crippen molar-refractivity contribution in [1.82, 2.24) is 0 Å². The van der Waals surface area contributed by atoms with Crippen molar-refractivity contribution in [3.63, 3.8) is 0 Å². The minimum absolute atomic E-state index is 0.232. The van der Waals surface area contributed by atoms with Gasteiger partial charge in [-0.15, -0.1) is 0 Å². The lowest BCUT2D eigenvalue weighted by molar-refractivity contribution is -0.00332. The number of hydrogen-bond donors (Lipinski definition) is 0. The number of unbranched alkanes of at least 4 members (excludes halogenated alkanes) is 5. The third-order valence-corrected chi connectivity index (χ3v) is 12.0. The zero-order chi connectivity index (χ0) is 22.0. The smallest absolute Gasteiger partial charge is 0.360 e. The molecule has 30 heavy (non-hydrogen) atoms. The first-order valence-corrected chi connectivity index (χ1v) is 15.2. The van der Waals surface area contributed by atoms with Crippen LogP contribution in [0.4, 0.5) is 0 Å². The molecular formula is C22H40N2O4S2. The zero-order valence-electron chi connectivity index (χ0n) is 18.6. The molecule has 0 saturated heterocycles. The summed E-state index contributed by atoms with van der Waals surface area (Å²) in [6, 6.07) is 0. The Morgan fingerprint density at radius 2 is 1.30 bits per heavy atom. The maximum absolute atomic E-state index is 13.5. The quantitative estimate of drug-likeness (QED) is 0.138. The van der Waals surface area contributed by atoms with Gasteiger partial charge >= 0.3 is 5.04 Å². The van der Waals surface area contributed by atoms with Gasteiger partial charge in [0.25, 0.3) is 9.84 Å². The molecule has 1 unspecified atom stereocenters. The predicted octanol–water partition coefficient (Wildman–Crippen LogP) is 5.23. The van der Waals surface area contributed by atoms with Crippen LogP contribution in [0.2, 0.25) is 0 Å². The number of rotatable bonds is 11. The van der Waals surface area contributed by atoms with E-state index in [4.69, 9.17) is 0 Å². The maximum Gasteiger partial charge on any atom is 0.399 e. The van der Waals surface area contributed by atoms with Gasteiger partial charge in [0, 0.05) is 0 Å². The maximum atomic E-state index is 13.5. The Morgan fingerprint density at radius 1 is 0.800 bits per heavy atom. The van der Waals surface area contributed by atoms with Gasteiger partial charge in [-0.05, 0) is 32.1 Å². The van der Waals surface area contributed by atoms with E-state index < -0.39 is 40.5 Å². The summed E-state index contributed by atoms with van der Waals surface area (Å²) in [5, 5.41) is -2.82. The Labute approximate surface area is 183 Å². The van der Waals surface area contributed by atoms with Gasteiger partial charge < -0.3 is 5.53 Å². The number of nitrogens with zero attached hydrogens (tertiary/aromatic N) is 2. The molecule has 2 rings (SSSR count). The van der Waals surface area contributed by atoms with Crippen LogP contribution in [0.3, 0.4) is 0 Å². The van der Waals surface area contributed by atoms with Gasteiger partial charge in [0.2, 0.25) is 0 Å². The molecule has 0 spiro atoms. The Balaban J connectivity index is 2.24. The van der Waals surface area contributed by atoms with E-state index in [0.29, 0.717) is 32.1 Å². The molecule has 174 valence electrons. The Hall–Kier alpha value is -0.720. The molecular weight excluding hydrogens is 420 g/mol. The monoisotopic (exact) mass is 460 g/mol. The minimum Gasteiger partial charge on any atom is -0.360 e. The standard InChI is InChI=1S/C22H40N2O4S2/c1-2-3-4-5-6-13-18-21(29(25,26)19-14-9-7-10-15-19)22(24-23)30(27,28)20-16-11-8-12-17-20/h19-21H,2-18H2,1H3. The summed E-state index contributed by atoms with van der Waals surface area (Å²) in [5.41, 5.74) is 9.74. The fourth-order valence-corrected chi connectivity index (χ4v) is 9.99. The van der Waals surface area contributed by atoms with E-state index in [9.17, 15) is 22.4 Å². The van der Waals surface area contributed by atoms with Crippen LogP contribution in [-0.4, -0.2) is 42.4 Å². The van der Waals surface area contributed by atoms with Crippen molar-refractivity contribution in [2.45, 2.75) is 132 Å². The molecule has 8 heteroatoms. The van der Waals surface area contributed by atoms with Gasteiger partial charge in [0.05, 0.1) is 10.5 Å². The van der Waals surface area contributed by atoms with E-state index in [1.807, 2.05) is 0 Å². The lowest BCUT2D eigenvalue weighted by Crippen LogP contribution is -2.45. The van der Waals surface area contributed by atoms with Crippen molar-refractivity contribution in [2.24, 2.45) is 0 Å². The van der Waals surface area contributed by atoms with Crippen molar-refractivity contribution in [2.75, 3.05) is 0 Å². The molecule has 2 aliphatic carbocycles. The van der Waals surface area contributed by atoms with Gasteiger partial charge in [-0.2, -0.15) is 4.79 Å². The molecule has 0 aliphatic heterocycles. The normalized spacial score (nSPS) is 20.6. The molecule has 0 aromatic carbocycles. The van der Waals surface area contributed by atoms with Gasteiger partial charge in [-0.1, -0.05) is 84.0 Å². The zero-order valence-corrected chi connectivity index (χ0v) is 20.2. The van der Waals surface area contributed by atoms with Gasteiger partial charge in [-0.3, -0.25) is 0 Å². The number of hydrogen-bond acceptors (Lipinski definition) is 4. The molecule has 0 bridgehead atoms. The SMILES string of the molecule is CCCCCCCCC(C(=[N+]=[N-])S(=O)(=O)C1CCCCC1)S(=O)(=O)C1CCCCC1. The molecule has 2 saturated carbocycles. The van der Waals surface area contributed by atoms with E-state index in [1.165, 1.54) is 0 Å². The van der Waals surface area contributed by atoms with Crippen LogP contribution in [0.5, 0.6) is 0 Å². The van der Waals surface area contributed by atoms with Crippen LogP contribution < -0.4 is 0 Å². The molecule has 0 aromatic heterocycles. The highest BCUT2D eigenvalue weighted by Crippen LogP contribution is 2.32. The van der Waals surface area contributed by atoms with Crippen molar-refractivity contribution in [3.05, 3.63) is 5.53 Å². The van der Waals surface area contributed by atoms with Crippen LogP contribution in [0.25, 0.3) is 5.53 Å². The molecule has 0 N–H and O–H groups in total. The lowest BCUT2D eigenvalue weighted by atomic mass is 10.0. The van der Waals surface area contributed by atoms with E-state index >= 15 is 0 Å². The molecule has 1 atom stereocenters. The van der Waals surface area contributed by atoms with Crippen LogP contribution in [0, 0.1) is 0 Å². The first kappa shape index (κ1) is 25.5. The van der Waals surface area contributed by atoms with E-state index in [1.54, 1.807) is 0 Å². The highest BCUT2D eigenvalue weighted by atomic mass is 32.2. The second kappa shape index (κ2) is 12.4. The van der Waals surface area contributed by atoms with Crippen LogP contribution in [0.15, 0.2) is 0 Å². The van der Waals surface area contributed by atoms with Crippen molar-refractivity contribution in [3.8, 4) is 0 Å². The third kappa shape index (κ3) is 6.64. The average molecular weight is 461 g/mol. The summed E-state index contributed by atoms with van der Waals surface area (Å²) in [4.78, 5) is 3.17. The summed E-state index contributed by atoms with van der Waals surface area (Å²) in [6.07, 6.45) is 13.7. The Bertz CT molecular complexity index is 774. The fourth-order valence-electron chi connectivity index (χ4n) is 5.02. The highest BCUT2D eigenvalue weighted by Gasteiger charge is 2.50. The predicted molar refractivity (Wildman–Crippen MR) is 122 cm³/mol. The highest BCUT2D eigenvalue weighted by molar-refractivity contribution is 8.09. The Kier molecular flexibility index (Phi) is 10.5. The summed E-state index contributed by atoms with van der Waals surface area (Å²) in [7, 11) is -7.65. The van der Waals surface area contributed by atoms with E-state index in [0.717, 1.165) is 70.6 Å². The van der Waals surface area contributed by atoms with Crippen LogP contribution in [-0.2, 0) is 19.7 Å². The number of sulfone groups is 2. The van der Waals surface area contributed by atoms with Gasteiger partial charge in [-0.25, -0.2) is 16.8 Å². The first-order chi connectivity index (χ1) is 14.4. The fraction of sp³-hybridized carbons (Fsp3) is 0.955. The second-order valence-electron chi connectivity index (χ2n) is 9.14. The largest absolute Gasteiger partial charge is 0.399 e. The molecule has 0 amide bonds. The molecule has 0 radical (unpaired) electrons. The molecule has 2 fully saturated rings. The molecule has 0 heterocycles. The van der Waals surface area contributed by atoms with Crippen molar-refractivity contribution >= 4 is 24.7 Å². The molecule has 2 aliphatic rings. The third-order valence-electron chi connectivity index (χ3n) is 6.89. The topological polar surface area (TPSA) is 105 Å². The van der Waals surface area contributed by atoms with Crippen LogP contribution in [0.1, 0.15) is 116 Å². The first-order valence-electron chi connectivity index (χ1n) is 12.0. The second-order valence-corrected chi connectivity index (χ2v) is 13.7. The average Bonchev–Trinajstić information content (AvgIpc) is 2.76. The van der Waals surface area contributed by atoms with Gasteiger partial charge in [0.1, 0.15) is 0 Å². The molecule has 0 aromatic rings. The summed E-state index contributed by atoms with van der Waals surface area (Å²) in [5.74, 6) is 0. The lowest BCUT2D eigenvalue weighted by Gasteiger charge is -2.26. The van der Waals surface area contributed by atoms with E-state index in [-0.39, 0.29) is 6.42 Å². The van der Waals surface area contributed by atoms with Crippen LogP contribution >= 0.6 is 0 Å².